The molecule has 0 aromatic carbocycles. The highest BCUT2D eigenvalue weighted by Crippen LogP contribution is 2.24. The van der Waals surface area contributed by atoms with E-state index in [0.717, 1.165) is 0 Å². The van der Waals surface area contributed by atoms with Crippen LogP contribution in [0.25, 0.3) is 0 Å². The van der Waals surface area contributed by atoms with Gasteiger partial charge in [-0.05, 0) is 6.92 Å². The highest BCUT2D eigenvalue weighted by atomic mass is 16.6. The lowest BCUT2D eigenvalue weighted by Gasteiger charge is -2.32. The third kappa shape index (κ3) is 2.89. The van der Waals surface area contributed by atoms with E-state index in [4.69, 9.17) is 10.5 Å². The molecule has 0 bridgehead atoms. The Labute approximate surface area is 126 Å². The Morgan fingerprint density at radius 1 is 1.41 bits per heavy atom. The van der Waals surface area contributed by atoms with Gasteiger partial charge in [-0.3, -0.25) is 9.78 Å². The molecule has 0 saturated carbocycles. The lowest BCUT2D eigenvalue weighted by atomic mass is 10.1. The minimum Gasteiger partial charge on any atom is -0.382 e. The molecule has 1 saturated heterocycles. The van der Waals surface area contributed by atoms with E-state index >= 15 is 0 Å². The third-order valence-electron chi connectivity index (χ3n) is 3.55. The molecule has 1 amide bonds. The Kier molecular flexibility index (Phi) is 3.96. The van der Waals surface area contributed by atoms with Gasteiger partial charge in [0.2, 0.25) is 5.91 Å². The fraction of sp³-hybridized carbons (Fsp3) is 0.462. The number of morpholine rings is 1. The van der Waals surface area contributed by atoms with E-state index < -0.39 is 0 Å². The number of hydrogen-bond acceptors (Lipinski definition) is 8. The molecule has 22 heavy (non-hydrogen) atoms. The van der Waals surface area contributed by atoms with Crippen molar-refractivity contribution < 1.29 is 14.2 Å². The van der Waals surface area contributed by atoms with Crippen LogP contribution < -0.4 is 5.73 Å². The number of amides is 1. The number of carbonyl (C=O) groups excluding carboxylic acids is 1. The highest BCUT2D eigenvalue weighted by molar-refractivity contribution is 5.78. The van der Waals surface area contributed by atoms with Crippen molar-refractivity contribution in [2.45, 2.75) is 19.4 Å². The van der Waals surface area contributed by atoms with E-state index in [9.17, 15) is 4.79 Å². The maximum atomic E-state index is 12.4. The van der Waals surface area contributed by atoms with Gasteiger partial charge in [-0.2, -0.15) is 0 Å². The Balaban J connectivity index is 1.69. The Bertz CT molecular complexity index is 673. The molecule has 0 aliphatic carbocycles. The largest absolute Gasteiger partial charge is 0.382 e. The molecule has 1 atom stereocenters. The fourth-order valence-corrected chi connectivity index (χ4v) is 2.31. The number of anilines is 1. The summed E-state index contributed by atoms with van der Waals surface area (Å²) >= 11 is 0. The molecule has 116 valence electrons. The van der Waals surface area contributed by atoms with E-state index in [1.807, 2.05) is 0 Å². The second-order valence-corrected chi connectivity index (χ2v) is 5.00. The van der Waals surface area contributed by atoms with Crippen molar-refractivity contribution in [3.63, 3.8) is 0 Å². The number of aryl methyl sites for hydroxylation is 1. The third-order valence-corrected chi connectivity index (χ3v) is 3.55. The zero-order valence-electron chi connectivity index (χ0n) is 12.1. The van der Waals surface area contributed by atoms with E-state index in [0.29, 0.717) is 42.6 Å². The van der Waals surface area contributed by atoms with Gasteiger partial charge in [0, 0.05) is 18.9 Å². The second-order valence-electron chi connectivity index (χ2n) is 5.00. The summed E-state index contributed by atoms with van der Waals surface area (Å²) in [5.41, 5.74) is 7.54. The molecule has 9 nitrogen and oxygen atoms in total. The number of carbonyl (C=O) groups is 1. The van der Waals surface area contributed by atoms with Crippen molar-refractivity contribution in [2.24, 2.45) is 0 Å². The first-order valence-corrected chi connectivity index (χ1v) is 6.89. The van der Waals surface area contributed by atoms with E-state index in [2.05, 4.69) is 24.9 Å². The first-order chi connectivity index (χ1) is 10.6. The molecule has 3 rings (SSSR count). The van der Waals surface area contributed by atoms with E-state index in [1.54, 1.807) is 18.0 Å². The molecule has 0 spiro atoms. The van der Waals surface area contributed by atoms with Gasteiger partial charge in [0.25, 0.3) is 0 Å². The number of aromatic nitrogens is 4. The van der Waals surface area contributed by atoms with Crippen LogP contribution in [0.15, 0.2) is 17.0 Å². The van der Waals surface area contributed by atoms with E-state index in [1.165, 1.54) is 6.20 Å². The van der Waals surface area contributed by atoms with E-state index in [-0.39, 0.29) is 18.4 Å². The molecular formula is C13H16N6O3. The molecule has 2 aromatic rings. The van der Waals surface area contributed by atoms with Crippen molar-refractivity contribution in [1.82, 2.24) is 25.2 Å². The summed E-state index contributed by atoms with van der Waals surface area (Å²) < 4.78 is 10.3. The van der Waals surface area contributed by atoms with Crippen molar-refractivity contribution in [1.29, 1.82) is 0 Å². The summed E-state index contributed by atoms with van der Waals surface area (Å²) in [6.07, 6.45) is 2.85. The molecule has 1 fully saturated rings. The van der Waals surface area contributed by atoms with Crippen LogP contribution in [0.4, 0.5) is 5.82 Å². The van der Waals surface area contributed by atoms with Crippen LogP contribution >= 0.6 is 0 Å². The molecule has 9 heteroatoms. The van der Waals surface area contributed by atoms with Crippen LogP contribution in [-0.4, -0.2) is 50.8 Å². The molecule has 1 aliphatic heterocycles. The van der Waals surface area contributed by atoms with Crippen LogP contribution in [0.2, 0.25) is 0 Å². The average molecular weight is 304 g/mol. The predicted octanol–water partition coefficient (Wildman–Crippen LogP) is -0.107. The minimum absolute atomic E-state index is 0.0606. The molecule has 2 aromatic heterocycles. The minimum atomic E-state index is -0.372. The summed E-state index contributed by atoms with van der Waals surface area (Å²) in [5, 5.41) is 7.41. The summed E-state index contributed by atoms with van der Waals surface area (Å²) in [5.74, 6) is 0.257. The average Bonchev–Trinajstić information content (AvgIpc) is 2.93. The van der Waals surface area contributed by atoms with Gasteiger partial charge in [-0.1, -0.05) is 10.3 Å². The van der Waals surface area contributed by atoms with Gasteiger partial charge >= 0.3 is 0 Å². The van der Waals surface area contributed by atoms with Gasteiger partial charge in [0.05, 0.1) is 19.6 Å². The van der Waals surface area contributed by atoms with Crippen LogP contribution in [-0.2, 0) is 16.0 Å². The van der Waals surface area contributed by atoms with Gasteiger partial charge in [-0.25, -0.2) is 9.61 Å². The number of ether oxygens (including phenoxy) is 1. The number of hydrogen-bond donors (Lipinski definition) is 1. The lowest BCUT2D eigenvalue weighted by molar-refractivity contribution is -0.138. The smallest absolute Gasteiger partial charge is 0.228 e. The molecule has 3 heterocycles. The summed E-state index contributed by atoms with van der Waals surface area (Å²) in [7, 11) is 0. The van der Waals surface area contributed by atoms with Crippen LogP contribution in [0.3, 0.4) is 0 Å². The zero-order chi connectivity index (χ0) is 15.5. The predicted molar refractivity (Wildman–Crippen MR) is 74.5 cm³/mol. The normalized spacial score (nSPS) is 18.4. The maximum absolute atomic E-state index is 12.4. The first-order valence-electron chi connectivity index (χ1n) is 6.89. The van der Waals surface area contributed by atoms with Crippen LogP contribution in [0.5, 0.6) is 0 Å². The molecule has 1 aliphatic rings. The highest BCUT2D eigenvalue weighted by Gasteiger charge is 2.28. The SMILES string of the molecule is Cc1nonc1CC(=O)N1CCO[C@H](c2nccnc2N)C1. The molecule has 0 unspecified atom stereocenters. The van der Waals surface area contributed by atoms with Gasteiger partial charge in [-0.15, -0.1) is 0 Å². The van der Waals surface area contributed by atoms with Crippen LogP contribution in [0, 0.1) is 6.92 Å². The number of nitrogens with two attached hydrogens (primary N) is 1. The van der Waals surface area contributed by atoms with Crippen molar-refractivity contribution in [3.8, 4) is 0 Å². The Morgan fingerprint density at radius 2 is 2.23 bits per heavy atom. The van der Waals surface area contributed by atoms with Crippen LogP contribution in [0.1, 0.15) is 23.2 Å². The summed E-state index contributed by atoms with van der Waals surface area (Å²) in [6.45, 7) is 3.07. The molecule has 2 N–H and O–H groups in total. The quantitative estimate of drug-likeness (QED) is 0.834. The summed E-state index contributed by atoms with van der Waals surface area (Å²) in [4.78, 5) is 22.3. The number of rotatable bonds is 3. The molecular weight excluding hydrogens is 288 g/mol. The first kappa shape index (κ1) is 14.4. The number of nitrogens with zero attached hydrogens (tertiary/aromatic N) is 5. The monoisotopic (exact) mass is 304 g/mol. The standard InChI is InChI=1S/C13H16N6O3/c1-8-9(18-22-17-8)6-11(20)19-4-5-21-10(7-19)12-13(14)16-3-2-15-12/h2-3,10H,4-7H2,1H3,(H2,14,16)/t10-/m0/s1. The number of nitrogen functional groups attached to an aromatic ring is 1. The van der Waals surface area contributed by atoms with Crippen molar-refractivity contribution in [3.05, 3.63) is 29.5 Å². The zero-order valence-corrected chi connectivity index (χ0v) is 12.1. The van der Waals surface area contributed by atoms with Gasteiger partial charge < -0.3 is 15.4 Å². The molecule has 0 radical (unpaired) electrons. The second kappa shape index (κ2) is 6.06. The van der Waals surface area contributed by atoms with Crippen molar-refractivity contribution in [2.75, 3.05) is 25.4 Å². The maximum Gasteiger partial charge on any atom is 0.228 e. The van der Waals surface area contributed by atoms with Crippen molar-refractivity contribution >= 4 is 11.7 Å². The summed E-state index contributed by atoms with van der Waals surface area (Å²) in [6, 6.07) is 0. The topological polar surface area (TPSA) is 120 Å². The van der Waals surface area contributed by atoms with Gasteiger partial charge in [0.15, 0.2) is 0 Å². The fourth-order valence-electron chi connectivity index (χ4n) is 2.31. The lowest BCUT2D eigenvalue weighted by Crippen LogP contribution is -2.43. The van der Waals surface area contributed by atoms with Gasteiger partial charge in [0.1, 0.15) is 29.0 Å². The Hall–Kier alpha value is -2.55. The Morgan fingerprint density at radius 3 is 2.95 bits per heavy atom.